The zero-order valence-electron chi connectivity index (χ0n) is 22.5. The van der Waals surface area contributed by atoms with E-state index >= 15 is 0 Å². The predicted octanol–water partition coefficient (Wildman–Crippen LogP) is 6.64. The van der Waals surface area contributed by atoms with Crippen molar-refractivity contribution in [1.29, 1.82) is 0 Å². The van der Waals surface area contributed by atoms with Gasteiger partial charge in [-0.3, -0.25) is 0 Å². The van der Waals surface area contributed by atoms with Gasteiger partial charge in [-0.25, -0.2) is 19.2 Å². The average molecular weight is 537 g/mol. The first-order valence-electron chi connectivity index (χ1n) is 13.4. The maximum Gasteiger partial charge on any atom is 0.410 e. The number of nitrogens with two attached hydrogens (primary N) is 1. The van der Waals surface area contributed by atoms with E-state index in [1.54, 1.807) is 12.3 Å². The van der Waals surface area contributed by atoms with Crippen LogP contribution in [0.1, 0.15) is 69.5 Å². The maximum absolute atomic E-state index is 14.6. The molecule has 4 heterocycles. The fraction of sp³-hybridized carbons (Fsp3) is 0.433. The lowest BCUT2D eigenvalue weighted by Crippen LogP contribution is -2.36. The third kappa shape index (κ3) is 5.88. The maximum atomic E-state index is 14.6. The van der Waals surface area contributed by atoms with Crippen LogP contribution in [0.2, 0.25) is 0 Å². The Bertz CT molecular complexity index is 1370. The number of pyridine rings is 2. The summed E-state index contributed by atoms with van der Waals surface area (Å²) in [5.74, 6) is -1.08. The molecule has 2 aliphatic rings. The van der Waals surface area contributed by atoms with Crippen LogP contribution in [-0.2, 0) is 9.47 Å². The molecule has 2 N–H and O–H groups in total. The summed E-state index contributed by atoms with van der Waals surface area (Å²) in [7, 11) is 0. The Labute approximate surface area is 227 Å². The van der Waals surface area contributed by atoms with Crippen molar-refractivity contribution >= 4 is 11.9 Å². The fourth-order valence-electron chi connectivity index (χ4n) is 5.52. The molecule has 2 saturated heterocycles. The highest BCUT2D eigenvalue weighted by molar-refractivity contribution is 5.80. The summed E-state index contributed by atoms with van der Waals surface area (Å²) in [4.78, 5) is 22.7. The van der Waals surface area contributed by atoms with E-state index in [0.29, 0.717) is 31.2 Å². The molecule has 1 atom stereocenters. The standard InChI is InChI=1S/C30H34F2N4O3/c1-30(2,3)39-29(37)36-10-4-5-26(36)23-13-19(6-7-21(23)18-8-11-38-12-9-18)20-14-24(28(33)35-16-20)22-15-27(32)34-17-25(22)31/h6-7,13-18,26H,4-5,8-12H2,1-3H3,(H2,33,35)/t26-/m0/s1. The van der Waals surface area contributed by atoms with Crippen LogP contribution in [0.3, 0.4) is 0 Å². The van der Waals surface area contributed by atoms with Crippen LogP contribution in [0.4, 0.5) is 19.4 Å². The molecule has 1 amide bonds. The number of benzene rings is 1. The smallest absolute Gasteiger partial charge is 0.410 e. The van der Waals surface area contributed by atoms with E-state index in [1.165, 1.54) is 5.56 Å². The van der Waals surface area contributed by atoms with E-state index in [2.05, 4.69) is 22.1 Å². The van der Waals surface area contributed by atoms with E-state index in [9.17, 15) is 13.6 Å². The molecule has 9 heteroatoms. The number of ether oxygens (including phenoxy) is 2. The summed E-state index contributed by atoms with van der Waals surface area (Å²) in [6, 6.07) is 8.83. The minimum atomic E-state index is -0.803. The van der Waals surface area contributed by atoms with Crippen LogP contribution < -0.4 is 5.73 Å². The monoisotopic (exact) mass is 536 g/mol. The topological polar surface area (TPSA) is 90.6 Å². The summed E-state index contributed by atoms with van der Waals surface area (Å²) in [6.45, 7) is 7.63. The molecule has 0 bridgehead atoms. The summed E-state index contributed by atoms with van der Waals surface area (Å²) in [5, 5.41) is 0. The molecule has 2 aromatic heterocycles. The van der Waals surface area contributed by atoms with Crippen molar-refractivity contribution in [3.8, 4) is 22.3 Å². The number of amides is 1. The Hall–Kier alpha value is -3.59. The van der Waals surface area contributed by atoms with Crippen LogP contribution in [0.5, 0.6) is 0 Å². The van der Waals surface area contributed by atoms with Crippen molar-refractivity contribution in [3.05, 3.63) is 65.6 Å². The number of aromatic nitrogens is 2. The zero-order valence-corrected chi connectivity index (χ0v) is 22.5. The van der Waals surface area contributed by atoms with Gasteiger partial charge < -0.3 is 20.1 Å². The zero-order chi connectivity index (χ0) is 27.7. The SMILES string of the molecule is CC(C)(C)OC(=O)N1CCC[C@H]1c1cc(-c2cnc(N)c(-c3cc(F)ncc3F)c2)ccc1C1CCOCC1. The van der Waals surface area contributed by atoms with Gasteiger partial charge in [-0.05, 0) is 81.2 Å². The lowest BCUT2D eigenvalue weighted by Gasteiger charge is -2.32. The van der Waals surface area contributed by atoms with Crippen LogP contribution >= 0.6 is 0 Å². The van der Waals surface area contributed by atoms with E-state index < -0.39 is 17.4 Å². The van der Waals surface area contributed by atoms with Gasteiger partial charge in [0, 0.05) is 48.7 Å². The van der Waals surface area contributed by atoms with E-state index in [-0.39, 0.29) is 29.1 Å². The molecule has 0 radical (unpaired) electrons. The summed E-state index contributed by atoms with van der Waals surface area (Å²) >= 11 is 0. The lowest BCUT2D eigenvalue weighted by molar-refractivity contribution is 0.0222. The molecule has 3 aromatic rings. The largest absolute Gasteiger partial charge is 0.444 e. The highest BCUT2D eigenvalue weighted by Gasteiger charge is 2.35. The Morgan fingerprint density at radius 1 is 1.00 bits per heavy atom. The fourth-order valence-corrected chi connectivity index (χ4v) is 5.52. The van der Waals surface area contributed by atoms with E-state index in [1.807, 2.05) is 31.7 Å². The molecule has 2 fully saturated rings. The number of carbonyl (C=O) groups is 1. The molecule has 206 valence electrons. The lowest BCUT2D eigenvalue weighted by atomic mass is 9.83. The van der Waals surface area contributed by atoms with Crippen molar-refractivity contribution in [2.45, 2.75) is 64.0 Å². The van der Waals surface area contributed by atoms with Gasteiger partial charge >= 0.3 is 6.09 Å². The summed E-state index contributed by atoms with van der Waals surface area (Å²) in [5.41, 5.74) is 9.60. The highest BCUT2D eigenvalue weighted by Crippen LogP contribution is 2.42. The number of halogens is 2. The van der Waals surface area contributed by atoms with Crippen molar-refractivity contribution in [2.24, 2.45) is 0 Å². The van der Waals surface area contributed by atoms with Crippen molar-refractivity contribution < 1.29 is 23.0 Å². The summed E-state index contributed by atoms with van der Waals surface area (Å²) < 4.78 is 39.8. The van der Waals surface area contributed by atoms with Gasteiger partial charge in [0.15, 0.2) is 0 Å². The van der Waals surface area contributed by atoms with E-state index in [0.717, 1.165) is 49.1 Å². The molecule has 0 unspecified atom stereocenters. The molecular weight excluding hydrogens is 502 g/mol. The van der Waals surface area contributed by atoms with Gasteiger partial charge in [-0.15, -0.1) is 0 Å². The normalized spacial score (nSPS) is 18.4. The van der Waals surface area contributed by atoms with Gasteiger partial charge in [0.1, 0.15) is 17.2 Å². The third-order valence-corrected chi connectivity index (χ3v) is 7.35. The van der Waals surface area contributed by atoms with Crippen molar-refractivity contribution in [2.75, 3.05) is 25.5 Å². The molecule has 2 aliphatic heterocycles. The van der Waals surface area contributed by atoms with Crippen LogP contribution in [0.15, 0.2) is 42.7 Å². The number of likely N-dealkylation sites (tertiary alicyclic amines) is 1. The van der Waals surface area contributed by atoms with Gasteiger partial charge in [-0.2, -0.15) is 4.39 Å². The molecule has 5 rings (SSSR count). The minimum absolute atomic E-state index is 0.000271. The number of anilines is 1. The van der Waals surface area contributed by atoms with Crippen LogP contribution in [-0.4, -0.2) is 46.3 Å². The number of hydrogen-bond acceptors (Lipinski definition) is 6. The second-order valence-corrected chi connectivity index (χ2v) is 11.2. The first kappa shape index (κ1) is 27.0. The Kier molecular flexibility index (Phi) is 7.53. The van der Waals surface area contributed by atoms with Gasteiger partial charge in [-0.1, -0.05) is 12.1 Å². The number of rotatable bonds is 4. The van der Waals surface area contributed by atoms with Gasteiger partial charge in [0.2, 0.25) is 5.95 Å². The number of nitrogens with zero attached hydrogens (tertiary/aromatic N) is 3. The quantitative estimate of drug-likeness (QED) is 0.376. The van der Waals surface area contributed by atoms with Gasteiger partial charge in [0.25, 0.3) is 0 Å². The van der Waals surface area contributed by atoms with Crippen LogP contribution in [0, 0.1) is 11.8 Å². The molecule has 7 nitrogen and oxygen atoms in total. The summed E-state index contributed by atoms with van der Waals surface area (Å²) in [6.07, 6.45) is 5.66. The van der Waals surface area contributed by atoms with Crippen LogP contribution in [0.25, 0.3) is 22.3 Å². The Morgan fingerprint density at radius 2 is 1.77 bits per heavy atom. The Balaban J connectivity index is 1.58. The minimum Gasteiger partial charge on any atom is -0.444 e. The molecule has 1 aromatic carbocycles. The number of nitrogen functional groups attached to an aromatic ring is 1. The molecule has 0 spiro atoms. The first-order valence-corrected chi connectivity index (χ1v) is 13.4. The Morgan fingerprint density at radius 3 is 2.51 bits per heavy atom. The molecule has 0 aliphatic carbocycles. The first-order chi connectivity index (χ1) is 18.6. The number of carbonyl (C=O) groups excluding carboxylic acids is 1. The third-order valence-electron chi connectivity index (χ3n) is 7.35. The highest BCUT2D eigenvalue weighted by atomic mass is 19.1. The second kappa shape index (κ2) is 10.9. The second-order valence-electron chi connectivity index (χ2n) is 11.2. The van der Waals surface area contributed by atoms with Crippen molar-refractivity contribution in [3.63, 3.8) is 0 Å². The molecule has 39 heavy (non-hydrogen) atoms. The van der Waals surface area contributed by atoms with Gasteiger partial charge in [0.05, 0.1) is 12.2 Å². The average Bonchev–Trinajstić information content (AvgIpc) is 3.40. The van der Waals surface area contributed by atoms with Crippen molar-refractivity contribution in [1.82, 2.24) is 14.9 Å². The molecular formula is C30H34F2N4O3. The predicted molar refractivity (Wildman–Crippen MR) is 145 cm³/mol. The van der Waals surface area contributed by atoms with E-state index in [4.69, 9.17) is 15.2 Å². The molecule has 0 saturated carbocycles. The number of hydrogen-bond donors (Lipinski definition) is 1.